The summed E-state index contributed by atoms with van der Waals surface area (Å²) in [5.41, 5.74) is 1.47. The van der Waals surface area contributed by atoms with Crippen molar-refractivity contribution in [2.75, 3.05) is 11.9 Å². The number of nitrogens with zero attached hydrogens (tertiary/aromatic N) is 1. The van der Waals surface area contributed by atoms with Gasteiger partial charge < -0.3 is 10.1 Å². The van der Waals surface area contributed by atoms with Crippen LogP contribution in [-0.4, -0.2) is 23.5 Å². The van der Waals surface area contributed by atoms with E-state index in [1.807, 2.05) is 30.3 Å². The summed E-state index contributed by atoms with van der Waals surface area (Å²) < 4.78 is 4.95. The first-order valence-corrected chi connectivity index (χ1v) is 8.42. The van der Waals surface area contributed by atoms with Crippen LogP contribution in [0.2, 0.25) is 0 Å². The highest BCUT2D eigenvalue weighted by Gasteiger charge is 2.44. The number of rotatable bonds is 5. The Balaban J connectivity index is 1.63. The van der Waals surface area contributed by atoms with Crippen molar-refractivity contribution in [3.63, 3.8) is 0 Å². The molecule has 1 amide bonds. The smallest absolute Gasteiger partial charge is 0.358 e. The lowest BCUT2D eigenvalue weighted by molar-refractivity contribution is -0.117. The zero-order valence-electron chi connectivity index (χ0n) is 13.0. The molecule has 2 aromatic rings. The fourth-order valence-corrected chi connectivity index (χ4v) is 3.39. The summed E-state index contributed by atoms with van der Waals surface area (Å²) in [7, 11) is 0. The molecule has 0 aliphatic heterocycles. The average molecular weight is 330 g/mol. The lowest BCUT2D eigenvalue weighted by Crippen LogP contribution is -2.15. The van der Waals surface area contributed by atoms with Gasteiger partial charge in [-0.1, -0.05) is 30.3 Å². The summed E-state index contributed by atoms with van der Waals surface area (Å²) in [5, 5.41) is 3.28. The molecule has 0 saturated heterocycles. The SMILES string of the molecule is CCOC(=O)c1nc(NC(=O)C2CC2c2ccccc2)sc1C. The Hall–Kier alpha value is -2.21. The lowest BCUT2D eigenvalue weighted by Gasteiger charge is -2.01. The highest BCUT2D eigenvalue weighted by Crippen LogP contribution is 2.48. The number of aromatic nitrogens is 1. The van der Waals surface area contributed by atoms with Gasteiger partial charge in [-0.05, 0) is 31.7 Å². The molecule has 23 heavy (non-hydrogen) atoms. The van der Waals surface area contributed by atoms with Crippen molar-refractivity contribution < 1.29 is 14.3 Å². The van der Waals surface area contributed by atoms with Crippen molar-refractivity contribution in [1.82, 2.24) is 4.98 Å². The van der Waals surface area contributed by atoms with Crippen LogP contribution in [-0.2, 0) is 9.53 Å². The second kappa shape index (κ2) is 6.50. The highest BCUT2D eigenvalue weighted by molar-refractivity contribution is 7.16. The van der Waals surface area contributed by atoms with Gasteiger partial charge in [-0.2, -0.15) is 0 Å². The number of esters is 1. The molecule has 1 aromatic carbocycles. The van der Waals surface area contributed by atoms with Gasteiger partial charge in [0.2, 0.25) is 5.91 Å². The first-order valence-electron chi connectivity index (χ1n) is 7.60. The second-order valence-electron chi connectivity index (χ2n) is 5.49. The summed E-state index contributed by atoms with van der Waals surface area (Å²) in [6.45, 7) is 3.85. The van der Waals surface area contributed by atoms with Crippen LogP contribution >= 0.6 is 11.3 Å². The third-order valence-corrected chi connectivity index (χ3v) is 4.74. The molecule has 2 unspecified atom stereocenters. The molecule has 120 valence electrons. The minimum absolute atomic E-state index is 0.0207. The molecule has 5 nitrogen and oxygen atoms in total. The molecule has 1 N–H and O–H groups in total. The number of carbonyl (C=O) groups excluding carboxylic acids is 2. The van der Waals surface area contributed by atoms with Crippen LogP contribution in [0.25, 0.3) is 0 Å². The van der Waals surface area contributed by atoms with Gasteiger partial charge in [0.15, 0.2) is 10.8 Å². The molecule has 1 fully saturated rings. The zero-order valence-corrected chi connectivity index (χ0v) is 13.9. The summed E-state index contributed by atoms with van der Waals surface area (Å²) in [6.07, 6.45) is 0.852. The predicted octanol–water partition coefficient (Wildman–Crippen LogP) is 3.37. The second-order valence-corrected chi connectivity index (χ2v) is 6.70. The van der Waals surface area contributed by atoms with Crippen LogP contribution in [0, 0.1) is 12.8 Å². The van der Waals surface area contributed by atoms with E-state index >= 15 is 0 Å². The summed E-state index contributed by atoms with van der Waals surface area (Å²) in [6, 6.07) is 10.0. The van der Waals surface area contributed by atoms with Crippen LogP contribution in [0.3, 0.4) is 0 Å². The number of ether oxygens (including phenoxy) is 1. The van der Waals surface area contributed by atoms with E-state index in [1.165, 1.54) is 16.9 Å². The molecule has 3 rings (SSSR count). The first-order chi connectivity index (χ1) is 11.1. The van der Waals surface area contributed by atoms with Gasteiger partial charge in [0.05, 0.1) is 6.61 Å². The molecule has 1 heterocycles. The predicted molar refractivity (Wildman–Crippen MR) is 88.7 cm³/mol. The van der Waals surface area contributed by atoms with Gasteiger partial charge in [-0.15, -0.1) is 11.3 Å². The molecule has 1 aromatic heterocycles. The van der Waals surface area contributed by atoms with Crippen molar-refractivity contribution >= 4 is 28.3 Å². The van der Waals surface area contributed by atoms with Crippen molar-refractivity contribution in [1.29, 1.82) is 0 Å². The first kappa shape index (κ1) is 15.7. The van der Waals surface area contributed by atoms with Crippen molar-refractivity contribution in [3.8, 4) is 0 Å². The third-order valence-electron chi connectivity index (χ3n) is 3.85. The van der Waals surface area contributed by atoms with Gasteiger partial charge in [-0.3, -0.25) is 4.79 Å². The monoisotopic (exact) mass is 330 g/mol. The molecular formula is C17H18N2O3S. The number of nitrogens with one attached hydrogen (secondary N) is 1. The Morgan fingerprint density at radius 3 is 2.78 bits per heavy atom. The van der Waals surface area contributed by atoms with Crippen LogP contribution in [0.4, 0.5) is 5.13 Å². The highest BCUT2D eigenvalue weighted by atomic mass is 32.1. The molecule has 2 atom stereocenters. The number of anilines is 1. The third kappa shape index (κ3) is 3.42. The molecular weight excluding hydrogens is 312 g/mol. The number of benzene rings is 1. The fraction of sp³-hybridized carbons (Fsp3) is 0.353. The van der Waals surface area contributed by atoms with Crippen LogP contribution in [0.5, 0.6) is 0 Å². The van der Waals surface area contributed by atoms with E-state index in [2.05, 4.69) is 10.3 Å². The van der Waals surface area contributed by atoms with Gasteiger partial charge in [0.1, 0.15) is 0 Å². The summed E-state index contributed by atoms with van der Waals surface area (Å²) >= 11 is 1.30. The summed E-state index contributed by atoms with van der Waals surface area (Å²) in [5.74, 6) is -0.229. The van der Waals surface area contributed by atoms with Crippen molar-refractivity contribution in [3.05, 3.63) is 46.5 Å². The maximum atomic E-state index is 12.3. The van der Waals surface area contributed by atoms with E-state index in [0.717, 1.165) is 11.3 Å². The number of thiazole rings is 1. The molecule has 0 bridgehead atoms. The number of hydrogen-bond acceptors (Lipinski definition) is 5. The number of hydrogen-bond donors (Lipinski definition) is 1. The zero-order chi connectivity index (χ0) is 16.4. The molecule has 6 heteroatoms. The van der Waals surface area contributed by atoms with Crippen LogP contribution in [0.1, 0.15) is 40.2 Å². The van der Waals surface area contributed by atoms with Gasteiger partial charge in [0, 0.05) is 10.8 Å². The Kier molecular flexibility index (Phi) is 4.43. The standard InChI is InChI=1S/C17H18N2O3S/c1-3-22-16(21)14-10(2)23-17(18-14)19-15(20)13-9-12(13)11-7-5-4-6-8-11/h4-8,12-13H,3,9H2,1-2H3,(H,18,19,20). The van der Waals surface area contributed by atoms with Gasteiger partial charge in [-0.25, -0.2) is 9.78 Å². The quantitative estimate of drug-likeness (QED) is 0.854. The molecule has 1 aliphatic carbocycles. The van der Waals surface area contributed by atoms with Crippen molar-refractivity contribution in [2.24, 2.45) is 5.92 Å². The molecule has 0 radical (unpaired) electrons. The topological polar surface area (TPSA) is 68.3 Å². The van der Waals surface area contributed by atoms with E-state index in [1.54, 1.807) is 13.8 Å². The van der Waals surface area contributed by atoms with E-state index in [9.17, 15) is 9.59 Å². The summed E-state index contributed by atoms with van der Waals surface area (Å²) in [4.78, 5) is 29.0. The molecule has 1 saturated carbocycles. The number of aryl methyl sites for hydroxylation is 1. The Morgan fingerprint density at radius 2 is 2.09 bits per heavy atom. The van der Waals surface area contributed by atoms with Gasteiger partial charge >= 0.3 is 5.97 Å². The van der Waals surface area contributed by atoms with E-state index in [-0.39, 0.29) is 23.4 Å². The largest absolute Gasteiger partial charge is 0.461 e. The maximum Gasteiger partial charge on any atom is 0.358 e. The molecule has 1 aliphatic rings. The van der Waals surface area contributed by atoms with E-state index < -0.39 is 5.97 Å². The number of amides is 1. The number of carbonyl (C=O) groups is 2. The minimum atomic E-state index is -0.449. The molecule has 0 spiro atoms. The Bertz CT molecular complexity index is 727. The van der Waals surface area contributed by atoms with Gasteiger partial charge in [0.25, 0.3) is 0 Å². The lowest BCUT2D eigenvalue weighted by atomic mass is 10.1. The minimum Gasteiger partial charge on any atom is -0.461 e. The van der Waals surface area contributed by atoms with E-state index in [0.29, 0.717) is 11.7 Å². The van der Waals surface area contributed by atoms with Crippen LogP contribution < -0.4 is 5.32 Å². The fourth-order valence-electron chi connectivity index (χ4n) is 2.59. The van der Waals surface area contributed by atoms with Crippen molar-refractivity contribution in [2.45, 2.75) is 26.2 Å². The normalized spacial score (nSPS) is 19.2. The Morgan fingerprint density at radius 1 is 1.35 bits per heavy atom. The van der Waals surface area contributed by atoms with Crippen LogP contribution in [0.15, 0.2) is 30.3 Å². The average Bonchev–Trinajstić information content (AvgIpc) is 3.26. The Labute approximate surface area is 138 Å². The maximum absolute atomic E-state index is 12.3. The van der Waals surface area contributed by atoms with E-state index in [4.69, 9.17) is 4.74 Å².